The highest BCUT2D eigenvalue weighted by atomic mass is 16.8. The van der Waals surface area contributed by atoms with Gasteiger partial charge in [0.1, 0.15) is 16.9 Å². The molecular formula is C10H10O4. The minimum atomic E-state index is -0.527. The molecule has 1 N–H and O–H groups in total. The molecule has 2 spiro atoms. The Bertz CT molecular complexity index is 370. The normalized spacial score (nSPS) is 62.2. The van der Waals surface area contributed by atoms with Gasteiger partial charge in [0, 0.05) is 0 Å². The van der Waals surface area contributed by atoms with Crippen molar-refractivity contribution < 1.29 is 19.3 Å². The first-order valence-electron chi connectivity index (χ1n) is 4.91. The van der Waals surface area contributed by atoms with E-state index in [9.17, 15) is 5.11 Å². The Labute approximate surface area is 81.1 Å². The second kappa shape index (κ2) is 2.00. The van der Waals surface area contributed by atoms with E-state index in [1.807, 2.05) is 0 Å². The van der Waals surface area contributed by atoms with Crippen molar-refractivity contribution in [3.63, 3.8) is 0 Å². The van der Waals surface area contributed by atoms with Crippen LogP contribution in [-0.4, -0.2) is 37.0 Å². The fourth-order valence-electron chi connectivity index (χ4n) is 3.14. The Morgan fingerprint density at radius 2 is 2.14 bits per heavy atom. The Hall–Kier alpha value is -0.600. The van der Waals surface area contributed by atoms with Crippen LogP contribution in [0.5, 0.6) is 0 Å². The van der Waals surface area contributed by atoms with Gasteiger partial charge in [0.15, 0.2) is 12.6 Å². The molecule has 74 valence electrons. The van der Waals surface area contributed by atoms with Gasteiger partial charge in [0.25, 0.3) is 0 Å². The van der Waals surface area contributed by atoms with E-state index in [0.29, 0.717) is 13.2 Å². The van der Waals surface area contributed by atoms with Crippen molar-refractivity contribution in [3.05, 3.63) is 0 Å². The molecule has 3 heterocycles. The number of rotatable bonds is 0. The second-order valence-electron chi connectivity index (χ2n) is 4.36. The summed E-state index contributed by atoms with van der Waals surface area (Å²) in [5.41, 5.74) is -0.776. The van der Waals surface area contributed by atoms with Crippen LogP contribution < -0.4 is 0 Å². The lowest BCUT2D eigenvalue weighted by atomic mass is 9.56. The Morgan fingerprint density at radius 1 is 1.21 bits per heavy atom. The lowest BCUT2D eigenvalue weighted by Gasteiger charge is -2.41. The van der Waals surface area contributed by atoms with E-state index in [1.54, 1.807) is 0 Å². The van der Waals surface area contributed by atoms with Gasteiger partial charge in [-0.25, -0.2) is 0 Å². The molecule has 0 bridgehead atoms. The van der Waals surface area contributed by atoms with Gasteiger partial charge in [-0.2, -0.15) is 0 Å². The molecule has 4 nitrogen and oxygen atoms in total. The van der Waals surface area contributed by atoms with Gasteiger partial charge in [0.2, 0.25) is 0 Å². The van der Waals surface area contributed by atoms with Crippen LogP contribution in [0.15, 0.2) is 0 Å². The number of aliphatic hydroxyl groups excluding tert-OH is 1. The molecule has 0 unspecified atom stereocenters. The van der Waals surface area contributed by atoms with Crippen LogP contribution in [0.25, 0.3) is 0 Å². The number of hydrogen-bond acceptors (Lipinski definition) is 4. The maximum Gasteiger partial charge on any atom is 0.181 e. The monoisotopic (exact) mass is 194 g/mol. The molecule has 4 heteroatoms. The molecule has 1 aliphatic carbocycles. The summed E-state index contributed by atoms with van der Waals surface area (Å²) in [5.74, 6) is 6.20. The summed E-state index contributed by atoms with van der Waals surface area (Å²) in [6.07, 6.45) is -0.352. The molecule has 0 aromatic carbocycles. The molecule has 14 heavy (non-hydrogen) atoms. The number of ether oxygens (including phenoxy) is 3. The van der Waals surface area contributed by atoms with Gasteiger partial charge in [-0.05, 0) is 6.42 Å². The van der Waals surface area contributed by atoms with E-state index < -0.39 is 11.5 Å². The first-order chi connectivity index (χ1) is 6.80. The van der Waals surface area contributed by atoms with Crippen LogP contribution in [0.1, 0.15) is 6.42 Å². The SMILES string of the molecule is O[C@@H]1CO[C@@H]2O[C@@H]3OCC[C@@]34C#C[C@]214. The van der Waals surface area contributed by atoms with Gasteiger partial charge < -0.3 is 19.3 Å². The van der Waals surface area contributed by atoms with E-state index in [-0.39, 0.29) is 18.0 Å². The van der Waals surface area contributed by atoms with Gasteiger partial charge >= 0.3 is 0 Å². The Kier molecular flexibility index (Phi) is 1.09. The average Bonchev–Trinajstić information content (AvgIpc) is 2.73. The highest BCUT2D eigenvalue weighted by Crippen LogP contribution is 2.65. The van der Waals surface area contributed by atoms with Crippen LogP contribution in [0.2, 0.25) is 0 Å². The molecule has 5 atom stereocenters. The first kappa shape index (κ1) is 7.66. The molecule has 0 aromatic heterocycles. The van der Waals surface area contributed by atoms with Gasteiger partial charge in [-0.1, -0.05) is 11.8 Å². The van der Waals surface area contributed by atoms with E-state index in [1.165, 1.54) is 0 Å². The Morgan fingerprint density at radius 3 is 2.93 bits per heavy atom. The zero-order valence-electron chi connectivity index (χ0n) is 7.53. The second-order valence-corrected chi connectivity index (χ2v) is 4.36. The van der Waals surface area contributed by atoms with Crippen molar-refractivity contribution >= 4 is 0 Å². The summed E-state index contributed by atoms with van der Waals surface area (Å²) in [6, 6.07) is 0. The quantitative estimate of drug-likeness (QED) is 0.527. The minimum absolute atomic E-state index is 0.284. The summed E-state index contributed by atoms with van der Waals surface area (Å²) in [7, 11) is 0. The lowest BCUT2D eigenvalue weighted by molar-refractivity contribution is -0.193. The van der Waals surface area contributed by atoms with E-state index in [2.05, 4.69) is 11.8 Å². The van der Waals surface area contributed by atoms with Gasteiger partial charge in [-0.15, -0.1) is 0 Å². The van der Waals surface area contributed by atoms with Crippen LogP contribution in [0.4, 0.5) is 0 Å². The minimum Gasteiger partial charge on any atom is -0.389 e. The van der Waals surface area contributed by atoms with Crippen molar-refractivity contribution in [1.29, 1.82) is 0 Å². The zero-order valence-corrected chi connectivity index (χ0v) is 7.53. The molecule has 3 fully saturated rings. The summed E-state index contributed by atoms with van der Waals surface area (Å²) >= 11 is 0. The molecule has 3 saturated heterocycles. The van der Waals surface area contributed by atoms with Crippen LogP contribution in [0.3, 0.4) is 0 Å². The van der Waals surface area contributed by atoms with Crippen molar-refractivity contribution in [1.82, 2.24) is 0 Å². The number of hydrogen-bond donors (Lipinski definition) is 1. The summed E-state index contributed by atoms with van der Waals surface area (Å²) in [5, 5.41) is 9.96. The molecule has 3 aliphatic heterocycles. The van der Waals surface area contributed by atoms with E-state index in [4.69, 9.17) is 14.2 Å². The molecule has 0 amide bonds. The molecule has 4 rings (SSSR count). The standard InChI is InChI=1S/C10H10O4/c11-6-5-13-8-10(6)2-1-9(10)3-4-12-7(9)14-8/h6-8,11H,3-5H2/t6-,7+,8-,9+,10-/m1/s1. The molecule has 0 radical (unpaired) electrons. The fraction of sp³-hybridized carbons (Fsp3) is 0.800. The lowest BCUT2D eigenvalue weighted by Crippen LogP contribution is -2.53. The highest BCUT2D eigenvalue weighted by molar-refractivity contribution is 5.45. The predicted molar refractivity (Wildman–Crippen MR) is 43.8 cm³/mol. The molecule has 0 saturated carbocycles. The van der Waals surface area contributed by atoms with Crippen molar-refractivity contribution in [2.75, 3.05) is 13.2 Å². The van der Waals surface area contributed by atoms with Gasteiger partial charge in [-0.3, -0.25) is 0 Å². The van der Waals surface area contributed by atoms with Crippen molar-refractivity contribution in [2.24, 2.45) is 10.8 Å². The molecule has 0 aromatic rings. The van der Waals surface area contributed by atoms with Crippen molar-refractivity contribution in [3.8, 4) is 11.8 Å². The third kappa shape index (κ3) is 0.505. The molecular weight excluding hydrogens is 184 g/mol. The first-order valence-corrected chi connectivity index (χ1v) is 4.91. The third-order valence-electron chi connectivity index (χ3n) is 3.95. The summed E-state index contributed by atoms with van der Waals surface area (Å²) in [6.45, 7) is 0.994. The zero-order chi connectivity index (χ0) is 9.39. The van der Waals surface area contributed by atoms with E-state index >= 15 is 0 Å². The van der Waals surface area contributed by atoms with E-state index in [0.717, 1.165) is 6.42 Å². The van der Waals surface area contributed by atoms with Crippen LogP contribution in [-0.2, 0) is 14.2 Å². The number of aliphatic hydroxyl groups is 1. The van der Waals surface area contributed by atoms with Gasteiger partial charge in [0.05, 0.1) is 13.2 Å². The highest BCUT2D eigenvalue weighted by Gasteiger charge is 2.77. The third-order valence-corrected chi connectivity index (χ3v) is 3.95. The van der Waals surface area contributed by atoms with Crippen molar-refractivity contribution in [2.45, 2.75) is 25.1 Å². The maximum atomic E-state index is 9.96. The largest absolute Gasteiger partial charge is 0.389 e. The topological polar surface area (TPSA) is 47.9 Å². The maximum absolute atomic E-state index is 9.96. The summed E-state index contributed by atoms with van der Waals surface area (Å²) < 4.78 is 16.5. The van der Waals surface area contributed by atoms with Crippen LogP contribution in [0, 0.1) is 22.7 Å². The Balaban J connectivity index is 1.91. The average molecular weight is 194 g/mol. The summed E-state index contributed by atoms with van der Waals surface area (Å²) in [4.78, 5) is 0. The fourth-order valence-corrected chi connectivity index (χ4v) is 3.14. The predicted octanol–water partition coefficient (Wildman–Crippen LogP) is -0.530. The van der Waals surface area contributed by atoms with Crippen LogP contribution >= 0.6 is 0 Å². The smallest absolute Gasteiger partial charge is 0.181 e. The molecule has 4 aliphatic rings.